The van der Waals surface area contributed by atoms with Crippen LogP contribution in [0, 0.1) is 10.1 Å². The van der Waals surface area contributed by atoms with Gasteiger partial charge in [0.05, 0.1) is 4.92 Å². The Hall–Kier alpha value is -1.46. The Kier molecular flexibility index (Phi) is 5.70. The van der Waals surface area contributed by atoms with Gasteiger partial charge in [-0.1, -0.05) is 24.6 Å². The maximum Gasteiger partial charge on any atom is 0.274 e. The molecule has 0 bridgehead atoms. The van der Waals surface area contributed by atoms with E-state index in [-0.39, 0.29) is 16.7 Å². The number of benzene rings is 1. The quantitative estimate of drug-likeness (QED) is 0.646. The summed E-state index contributed by atoms with van der Waals surface area (Å²) in [7, 11) is 1.97. The average Bonchev–Trinajstić information content (AvgIpc) is 2.52. The lowest BCUT2D eigenvalue weighted by Crippen LogP contribution is -2.42. The third kappa shape index (κ3) is 3.80. The minimum absolute atomic E-state index is 0.0914. The van der Waals surface area contributed by atoms with Crippen LogP contribution in [0.5, 0.6) is 0 Å². The highest BCUT2D eigenvalue weighted by Crippen LogP contribution is 2.33. The minimum Gasteiger partial charge on any atom is -0.320 e. The first kappa shape index (κ1) is 15.9. The van der Waals surface area contributed by atoms with Crippen LogP contribution in [0.25, 0.3) is 0 Å². The highest BCUT2D eigenvalue weighted by Gasteiger charge is 2.30. The highest BCUT2D eigenvalue weighted by molar-refractivity contribution is 5.41. The second kappa shape index (κ2) is 7.52. The van der Waals surface area contributed by atoms with Crippen LogP contribution in [-0.4, -0.2) is 36.0 Å². The van der Waals surface area contributed by atoms with Crippen molar-refractivity contribution in [2.24, 2.45) is 0 Å². The summed E-state index contributed by atoms with van der Waals surface area (Å²) in [4.78, 5) is 13.4. The van der Waals surface area contributed by atoms with E-state index in [1.54, 1.807) is 12.1 Å². The molecular weight excluding hydrogens is 266 g/mol. The summed E-state index contributed by atoms with van der Waals surface area (Å²) in [5, 5.41) is 14.4. The molecule has 1 fully saturated rings. The molecular formula is C16H25N3O2. The number of nitro benzene ring substituents is 1. The molecule has 5 heteroatoms. The van der Waals surface area contributed by atoms with Crippen LogP contribution < -0.4 is 5.32 Å². The molecule has 1 aromatic carbocycles. The maximum atomic E-state index is 11.2. The monoisotopic (exact) mass is 291 g/mol. The van der Waals surface area contributed by atoms with E-state index in [9.17, 15) is 10.1 Å². The fourth-order valence-corrected chi connectivity index (χ4v) is 3.34. The van der Waals surface area contributed by atoms with Crippen molar-refractivity contribution in [2.75, 3.05) is 20.1 Å². The van der Waals surface area contributed by atoms with Crippen molar-refractivity contribution >= 4 is 5.69 Å². The number of rotatable bonds is 6. The Morgan fingerprint density at radius 1 is 1.43 bits per heavy atom. The number of para-hydroxylation sites is 1. The zero-order chi connectivity index (χ0) is 15.2. The van der Waals surface area contributed by atoms with E-state index in [1.807, 2.05) is 19.2 Å². The second-order valence-corrected chi connectivity index (χ2v) is 5.77. The van der Waals surface area contributed by atoms with Crippen molar-refractivity contribution in [3.05, 3.63) is 39.9 Å². The zero-order valence-corrected chi connectivity index (χ0v) is 12.9. The number of nitrogens with one attached hydrogen (secondary N) is 1. The second-order valence-electron chi connectivity index (χ2n) is 5.77. The van der Waals surface area contributed by atoms with Crippen molar-refractivity contribution < 1.29 is 4.92 Å². The molecule has 0 spiro atoms. The number of hydrogen-bond acceptors (Lipinski definition) is 4. The summed E-state index contributed by atoms with van der Waals surface area (Å²) >= 11 is 0. The first-order valence-corrected chi connectivity index (χ1v) is 7.78. The maximum absolute atomic E-state index is 11.2. The molecule has 1 N–H and O–H groups in total. The molecule has 116 valence electrons. The molecule has 2 atom stereocenters. The van der Waals surface area contributed by atoms with Gasteiger partial charge in [0.2, 0.25) is 0 Å². The van der Waals surface area contributed by atoms with Gasteiger partial charge in [-0.15, -0.1) is 0 Å². The smallest absolute Gasteiger partial charge is 0.274 e. The van der Waals surface area contributed by atoms with Crippen LogP contribution in [0.15, 0.2) is 24.3 Å². The van der Waals surface area contributed by atoms with Gasteiger partial charge < -0.3 is 5.32 Å². The molecule has 1 saturated heterocycles. The molecule has 0 aromatic heterocycles. The Balaban J connectivity index is 2.20. The molecule has 21 heavy (non-hydrogen) atoms. The van der Waals surface area contributed by atoms with E-state index in [2.05, 4.69) is 17.1 Å². The highest BCUT2D eigenvalue weighted by atomic mass is 16.6. The van der Waals surface area contributed by atoms with E-state index >= 15 is 0 Å². The molecule has 0 aliphatic carbocycles. The fraction of sp³-hybridized carbons (Fsp3) is 0.625. The fourth-order valence-electron chi connectivity index (χ4n) is 3.34. The molecule has 5 nitrogen and oxygen atoms in total. The van der Waals surface area contributed by atoms with Crippen molar-refractivity contribution in [2.45, 2.75) is 44.7 Å². The molecule has 0 radical (unpaired) electrons. The van der Waals surface area contributed by atoms with Gasteiger partial charge in [0, 0.05) is 23.7 Å². The summed E-state index contributed by atoms with van der Waals surface area (Å²) in [5.74, 6) is 0. The Bertz CT molecular complexity index is 478. The lowest BCUT2D eigenvalue weighted by molar-refractivity contribution is -0.386. The molecule has 0 saturated carbocycles. The van der Waals surface area contributed by atoms with Gasteiger partial charge in [-0.25, -0.2) is 0 Å². The van der Waals surface area contributed by atoms with Crippen molar-refractivity contribution in [3.8, 4) is 0 Å². The SMILES string of the molecule is CNCCC1CCCCN1C(C)c1ccccc1[N+](=O)[O-]. The molecule has 1 heterocycles. The van der Waals surface area contributed by atoms with Crippen molar-refractivity contribution in [1.82, 2.24) is 10.2 Å². The lowest BCUT2D eigenvalue weighted by atomic mass is 9.94. The summed E-state index contributed by atoms with van der Waals surface area (Å²) in [5.41, 5.74) is 1.07. The van der Waals surface area contributed by atoms with Crippen LogP contribution in [0.3, 0.4) is 0 Å². The van der Waals surface area contributed by atoms with Gasteiger partial charge in [-0.05, 0) is 46.3 Å². The Morgan fingerprint density at radius 3 is 2.90 bits per heavy atom. The molecule has 2 unspecified atom stereocenters. The van der Waals surface area contributed by atoms with E-state index in [0.717, 1.165) is 25.1 Å². The van der Waals surface area contributed by atoms with Crippen molar-refractivity contribution in [1.29, 1.82) is 0 Å². The van der Waals surface area contributed by atoms with Crippen molar-refractivity contribution in [3.63, 3.8) is 0 Å². The van der Waals surface area contributed by atoms with Gasteiger partial charge >= 0.3 is 0 Å². The third-order valence-electron chi connectivity index (χ3n) is 4.48. The molecule has 1 aromatic rings. The summed E-state index contributed by atoms with van der Waals surface area (Å²) in [6.07, 6.45) is 4.73. The average molecular weight is 291 g/mol. The largest absolute Gasteiger partial charge is 0.320 e. The lowest BCUT2D eigenvalue weighted by Gasteiger charge is -2.40. The molecule has 0 amide bonds. The third-order valence-corrected chi connectivity index (χ3v) is 4.48. The van der Waals surface area contributed by atoms with Crippen LogP contribution in [0.1, 0.15) is 44.2 Å². The summed E-state index contributed by atoms with van der Waals surface area (Å²) < 4.78 is 0. The van der Waals surface area contributed by atoms with Gasteiger partial charge in [-0.2, -0.15) is 0 Å². The van der Waals surface area contributed by atoms with Gasteiger partial charge in [0.1, 0.15) is 0 Å². The van der Waals surface area contributed by atoms with Crippen LogP contribution in [0.4, 0.5) is 5.69 Å². The zero-order valence-electron chi connectivity index (χ0n) is 12.9. The van der Waals surface area contributed by atoms with Crippen LogP contribution >= 0.6 is 0 Å². The predicted octanol–water partition coefficient (Wildman–Crippen LogP) is 3.12. The number of nitro groups is 1. The van der Waals surface area contributed by atoms with Gasteiger partial charge in [-0.3, -0.25) is 15.0 Å². The number of hydrogen-bond donors (Lipinski definition) is 1. The first-order chi connectivity index (χ1) is 10.1. The Morgan fingerprint density at radius 2 is 2.19 bits per heavy atom. The predicted molar refractivity (Wildman–Crippen MR) is 84.4 cm³/mol. The number of piperidine rings is 1. The standard InChI is InChI=1S/C16H25N3O2/c1-13(15-8-3-4-9-16(15)19(20)21)18-12-6-5-7-14(18)10-11-17-2/h3-4,8-9,13-14,17H,5-7,10-12H2,1-2H3. The van der Waals surface area contributed by atoms with Crippen LogP contribution in [0.2, 0.25) is 0 Å². The topological polar surface area (TPSA) is 58.4 Å². The van der Waals surface area contributed by atoms with Gasteiger partial charge in [0.25, 0.3) is 5.69 Å². The molecule has 2 rings (SSSR count). The normalized spacial score (nSPS) is 21.1. The minimum atomic E-state index is -0.265. The number of likely N-dealkylation sites (tertiary alicyclic amines) is 1. The number of nitrogens with zero attached hydrogens (tertiary/aromatic N) is 2. The van der Waals surface area contributed by atoms with Crippen LogP contribution in [-0.2, 0) is 0 Å². The van der Waals surface area contributed by atoms with E-state index in [4.69, 9.17) is 0 Å². The van der Waals surface area contributed by atoms with E-state index in [1.165, 1.54) is 19.3 Å². The Labute approximate surface area is 126 Å². The van der Waals surface area contributed by atoms with E-state index in [0.29, 0.717) is 6.04 Å². The first-order valence-electron chi connectivity index (χ1n) is 7.78. The molecule has 1 aliphatic rings. The summed E-state index contributed by atoms with van der Waals surface area (Å²) in [6, 6.07) is 7.74. The summed E-state index contributed by atoms with van der Waals surface area (Å²) in [6.45, 7) is 4.12. The van der Waals surface area contributed by atoms with E-state index < -0.39 is 0 Å². The van der Waals surface area contributed by atoms with Gasteiger partial charge in [0.15, 0.2) is 0 Å². The molecule has 1 aliphatic heterocycles.